The second-order valence-electron chi connectivity index (χ2n) is 5.25. The maximum absolute atomic E-state index is 12.0. The van der Waals surface area contributed by atoms with Crippen LogP contribution in [-0.4, -0.2) is 28.4 Å². The Morgan fingerprint density at radius 1 is 1.26 bits per heavy atom. The third kappa shape index (κ3) is 5.69. The minimum Gasteiger partial charge on any atom is -0.394 e. The molecule has 23 heavy (non-hydrogen) atoms. The molecular weight excluding hydrogens is 308 g/mol. The summed E-state index contributed by atoms with van der Waals surface area (Å²) in [7, 11) is 0. The Hall–Kier alpha value is -1.85. The summed E-state index contributed by atoms with van der Waals surface area (Å²) in [4.78, 5) is 16.1. The molecule has 0 radical (unpaired) electrons. The van der Waals surface area contributed by atoms with Crippen LogP contribution in [0.4, 0.5) is 0 Å². The quantitative estimate of drug-likeness (QED) is 0.781. The van der Waals surface area contributed by atoms with Crippen LogP contribution in [0.15, 0.2) is 48.8 Å². The normalized spacial score (nSPS) is 11.9. The van der Waals surface area contributed by atoms with E-state index in [1.807, 2.05) is 36.4 Å². The fourth-order valence-corrected chi connectivity index (χ4v) is 2.98. The first-order chi connectivity index (χ1) is 11.2. The minimum absolute atomic E-state index is 0.0718. The van der Waals surface area contributed by atoms with Crippen LogP contribution in [0, 0.1) is 0 Å². The summed E-state index contributed by atoms with van der Waals surface area (Å²) in [5, 5.41) is 12.4. The summed E-state index contributed by atoms with van der Waals surface area (Å²) in [5.74, 6) is 1.03. The molecule has 0 spiro atoms. The number of benzene rings is 1. The zero-order chi connectivity index (χ0) is 16.5. The number of hydrogen-bond donors (Lipinski definition) is 2. The Morgan fingerprint density at radius 3 is 2.65 bits per heavy atom. The molecule has 0 saturated carbocycles. The van der Waals surface area contributed by atoms with Crippen LogP contribution < -0.4 is 5.32 Å². The highest BCUT2D eigenvalue weighted by molar-refractivity contribution is 7.99. The predicted molar refractivity (Wildman–Crippen MR) is 94.2 cm³/mol. The van der Waals surface area contributed by atoms with Gasteiger partial charge in [0, 0.05) is 18.1 Å². The van der Waals surface area contributed by atoms with Crippen molar-refractivity contribution in [1.82, 2.24) is 10.3 Å². The van der Waals surface area contributed by atoms with Crippen LogP contribution in [0.5, 0.6) is 0 Å². The van der Waals surface area contributed by atoms with Crippen LogP contribution in [0.25, 0.3) is 0 Å². The molecule has 5 heteroatoms. The average Bonchev–Trinajstić information content (AvgIpc) is 2.61. The fraction of sp³-hybridized carbons (Fsp3) is 0.333. The highest BCUT2D eigenvalue weighted by atomic mass is 32.2. The van der Waals surface area contributed by atoms with Gasteiger partial charge in [0.1, 0.15) is 0 Å². The molecule has 4 nitrogen and oxygen atoms in total. The minimum atomic E-state index is -0.354. The lowest BCUT2D eigenvalue weighted by molar-refractivity contribution is -0.119. The monoisotopic (exact) mass is 330 g/mol. The Labute approximate surface area is 141 Å². The molecule has 2 N–H and O–H groups in total. The Morgan fingerprint density at radius 2 is 2.04 bits per heavy atom. The van der Waals surface area contributed by atoms with Crippen molar-refractivity contribution in [1.29, 1.82) is 0 Å². The van der Waals surface area contributed by atoms with E-state index in [0.29, 0.717) is 5.75 Å². The molecule has 0 aliphatic carbocycles. The second kappa shape index (κ2) is 9.33. The molecule has 1 unspecified atom stereocenters. The first-order valence-electron chi connectivity index (χ1n) is 7.68. The SMILES string of the molecule is CCc1ccc(C(CO)NC(=O)CSCc2cccnc2)cc1. The molecule has 1 heterocycles. The number of amides is 1. The highest BCUT2D eigenvalue weighted by Crippen LogP contribution is 2.15. The van der Waals surface area contributed by atoms with Gasteiger partial charge in [-0.2, -0.15) is 0 Å². The molecule has 2 rings (SSSR count). The number of carbonyl (C=O) groups excluding carboxylic acids is 1. The number of carbonyl (C=O) groups is 1. The van der Waals surface area contributed by atoms with E-state index in [0.717, 1.165) is 23.3 Å². The van der Waals surface area contributed by atoms with Crippen molar-refractivity contribution in [2.45, 2.75) is 25.1 Å². The maximum atomic E-state index is 12.0. The second-order valence-corrected chi connectivity index (χ2v) is 6.24. The molecule has 0 aliphatic heterocycles. The van der Waals surface area contributed by atoms with E-state index in [4.69, 9.17) is 0 Å². The van der Waals surface area contributed by atoms with Crippen molar-refractivity contribution < 1.29 is 9.90 Å². The fourth-order valence-electron chi connectivity index (χ4n) is 2.20. The summed E-state index contributed by atoms with van der Waals surface area (Å²) >= 11 is 1.53. The van der Waals surface area contributed by atoms with Gasteiger partial charge < -0.3 is 10.4 Å². The van der Waals surface area contributed by atoms with Crippen LogP contribution in [0.1, 0.15) is 29.7 Å². The van der Waals surface area contributed by atoms with Crippen LogP contribution in [0.3, 0.4) is 0 Å². The van der Waals surface area contributed by atoms with E-state index in [1.54, 1.807) is 12.4 Å². The van der Waals surface area contributed by atoms with Crippen molar-refractivity contribution in [2.75, 3.05) is 12.4 Å². The van der Waals surface area contributed by atoms with Gasteiger partial charge in [-0.3, -0.25) is 9.78 Å². The first-order valence-corrected chi connectivity index (χ1v) is 8.84. The number of aliphatic hydroxyl groups is 1. The van der Waals surface area contributed by atoms with Crippen LogP contribution in [-0.2, 0) is 17.0 Å². The third-order valence-corrected chi connectivity index (χ3v) is 4.54. The molecule has 1 aromatic heterocycles. The summed E-state index contributed by atoms with van der Waals surface area (Å²) in [6, 6.07) is 11.5. The summed E-state index contributed by atoms with van der Waals surface area (Å²) in [5.41, 5.74) is 3.26. The van der Waals surface area contributed by atoms with Gasteiger partial charge in [0.05, 0.1) is 18.4 Å². The third-order valence-electron chi connectivity index (χ3n) is 3.53. The van der Waals surface area contributed by atoms with Gasteiger partial charge in [-0.1, -0.05) is 37.3 Å². The number of rotatable bonds is 8. The zero-order valence-corrected chi connectivity index (χ0v) is 14.1. The molecule has 1 atom stereocenters. The number of aliphatic hydroxyl groups excluding tert-OH is 1. The molecular formula is C18H22N2O2S. The summed E-state index contributed by atoms with van der Waals surface area (Å²) in [6.45, 7) is 1.99. The number of thioether (sulfide) groups is 1. The molecule has 1 amide bonds. The molecule has 122 valence electrons. The smallest absolute Gasteiger partial charge is 0.230 e. The number of pyridine rings is 1. The standard InChI is InChI=1S/C18H22N2O2S/c1-2-14-5-7-16(8-6-14)17(11-21)20-18(22)13-23-12-15-4-3-9-19-10-15/h3-10,17,21H,2,11-13H2,1H3,(H,20,22). The number of aromatic nitrogens is 1. The number of aryl methyl sites for hydroxylation is 1. The van der Waals surface area contributed by atoms with E-state index in [9.17, 15) is 9.90 Å². The number of hydrogen-bond acceptors (Lipinski definition) is 4. The largest absolute Gasteiger partial charge is 0.394 e. The Balaban J connectivity index is 1.82. The van der Waals surface area contributed by atoms with Crippen LogP contribution in [0.2, 0.25) is 0 Å². The van der Waals surface area contributed by atoms with Crippen molar-refractivity contribution in [3.05, 3.63) is 65.5 Å². The van der Waals surface area contributed by atoms with Crippen LogP contribution >= 0.6 is 11.8 Å². The molecule has 0 aliphatic rings. The number of nitrogens with zero attached hydrogens (tertiary/aromatic N) is 1. The van der Waals surface area contributed by atoms with E-state index >= 15 is 0 Å². The molecule has 1 aromatic carbocycles. The first kappa shape index (κ1) is 17.5. The van der Waals surface area contributed by atoms with E-state index in [1.165, 1.54) is 17.3 Å². The van der Waals surface area contributed by atoms with Gasteiger partial charge in [-0.05, 0) is 29.2 Å². The highest BCUT2D eigenvalue weighted by Gasteiger charge is 2.13. The number of nitrogens with one attached hydrogen (secondary N) is 1. The van der Waals surface area contributed by atoms with E-state index < -0.39 is 0 Å². The molecule has 0 saturated heterocycles. The van der Waals surface area contributed by atoms with Gasteiger partial charge in [-0.25, -0.2) is 0 Å². The topological polar surface area (TPSA) is 62.2 Å². The van der Waals surface area contributed by atoms with E-state index in [2.05, 4.69) is 17.2 Å². The summed E-state index contributed by atoms with van der Waals surface area (Å²) < 4.78 is 0. The lowest BCUT2D eigenvalue weighted by Gasteiger charge is -2.17. The van der Waals surface area contributed by atoms with Crippen molar-refractivity contribution >= 4 is 17.7 Å². The van der Waals surface area contributed by atoms with Gasteiger partial charge >= 0.3 is 0 Å². The van der Waals surface area contributed by atoms with Crippen molar-refractivity contribution in [3.63, 3.8) is 0 Å². The predicted octanol–water partition coefficient (Wildman–Crippen LogP) is 2.73. The van der Waals surface area contributed by atoms with Gasteiger partial charge in [-0.15, -0.1) is 11.8 Å². The molecule has 0 bridgehead atoms. The van der Waals surface area contributed by atoms with E-state index in [-0.39, 0.29) is 18.6 Å². The lowest BCUT2D eigenvalue weighted by atomic mass is 10.0. The Kier molecular flexibility index (Phi) is 7.10. The zero-order valence-electron chi connectivity index (χ0n) is 13.2. The van der Waals surface area contributed by atoms with Gasteiger partial charge in [0.15, 0.2) is 0 Å². The van der Waals surface area contributed by atoms with Gasteiger partial charge in [0.2, 0.25) is 5.91 Å². The van der Waals surface area contributed by atoms with Gasteiger partial charge in [0.25, 0.3) is 0 Å². The molecule has 0 fully saturated rings. The summed E-state index contributed by atoms with van der Waals surface area (Å²) in [6.07, 6.45) is 4.51. The average molecular weight is 330 g/mol. The van der Waals surface area contributed by atoms with Crippen molar-refractivity contribution in [2.24, 2.45) is 0 Å². The molecule has 2 aromatic rings. The van der Waals surface area contributed by atoms with Crippen molar-refractivity contribution in [3.8, 4) is 0 Å². The maximum Gasteiger partial charge on any atom is 0.230 e. The Bertz CT molecular complexity index is 602. The lowest BCUT2D eigenvalue weighted by Crippen LogP contribution is -2.32.